The summed E-state index contributed by atoms with van der Waals surface area (Å²) in [4.78, 5) is 28.3. The van der Waals surface area contributed by atoms with Crippen molar-refractivity contribution < 1.29 is 4.79 Å². The van der Waals surface area contributed by atoms with E-state index < -0.39 is 0 Å². The lowest BCUT2D eigenvalue weighted by Crippen LogP contribution is -2.36. The Kier molecular flexibility index (Phi) is 3.03. The van der Waals surface area contributed by atoms with Crippen LogP contribution in [0.25, 0.3) is 11.2 Å². The molecule has 2 aromatic heterocycles. The molecule has 5 rings (SSSR count). The minimum atomic E-state index is -0.361. The maximum atomic E-state index is 12.7. The third-order valence-electron chi connectivity index (χ3n) is 5.41. The van der Waals surface area contributed by atoms with E-state index in [0.29, 0.717) is 11.5 Å². The summed E-state index contributed by atoms with van der Waals surface area (Å²) in [6.07, 6.45) is 8.36. The molecule has 1 aliphatic heterocycles. The van der Waals surface area contributed by atoms with E-state index in [0.717, 1.165) is 48.1 Å². The van der Waals surface area contributed by atoms with Crippen molar-refractivity contribution in [1.29, 1.82) is 0 Å². The zero-order chi connectivity index (χ0) is 16.9. The number of H-pyrrole nitrogens is 1. The predicted octanol–water partition coefficient (Wildman–Crippen LogP) is 3.25. The van der Waals surface area contributed by atoms with Gasteiger partial charge in [0.15, 0.2) is 11.5 Å². The number of aromatic nitrogens is 4. The lowest BCUT2D eigenvalue weighted by molar-refractivity contribution is -0.121. The Hall–Kier alpha value is -2.96. The van der Waals surface area contributed by atoms with Crippen LogP contribution in [0.2, 0.25) is 0 Å². The Morgan fingerprint density at radius 3 is 2.84 bits per heavy atom. The van der Waals surface area contributed by atoms with Crippen molar-refractivity contribution in [2.45, 2.75) is 37.5 Å². The first kappa shape index (κ1) is 14.4. The van der Waals surface area contributed by atoms with Crippen molar-refractivity contribution in [2.75, 3.05) is 10.6 Å². The number of fused-ring (bicyclic) bond motifs is 3. The van der Waals surface area contributed by atoms with Gasteiger partial charge in [-0.05, 0) is 36.6 Å². The summed E-state index contributed by atoms with van der Waals surface area (Å²) in [6.45, 7) is 0. The monoisotopic (exact) mass is 334 g/mol. The van der Waals surface area contributed by atoms with Crippen LogP contribution in [-0.2, 0) is 10.2 Å². The summed E-state index contributed by atoms with van der Waals surface area (Å²) >= 11 is 0. The third-order valence-corrected chi connectivity index (χ3v) is 5.41. The molecule has 2 aliphatic rings. The molecule has 25 heavy (non-hydrogen) atoms. The third kappa shape index (κ3) is 2.12. The fourth-order valence-electron chi connectivity index (χ4n) is 4.14. The number of aromatic amines is 1. The summed E-state index contributed by atoms with van der Waals surface area (Å²) < 4.78 is 0. The molecule has 126 valence electrons. The zero-order valence-corrected chi connectivity index (χ0v) is 13.7. The highest BCUT2D eigenvalue weighted by Gasteiger charge is 2.47. The van der Waals surface area contributed by atoms with Crippen LogP contribution in [0.5, 0.6) is 0 Å². The highest BCUT2D eigenvalue weighted by Crippen LogP contribution is 2.48. The van der Waals surface area contributed by atoms with E-state index in [4.69, 9.17) is 0 Å². The molecule has 0 radical (unpaired) electrons. The molecule has 1 amide bonds. The molecular formula is C18H18N6O. The molecular weight excluding hydrogens is 316 g/mol. The van der Waals surface area contributed by atoms with Crippen molar-refractivity contribution >= 4 is 34.3 Å². The van der Waals surface area contributed by atoms with E-state index in [1.54, 1.807) is 6.33 Å². The molecule has 3 N–H and O–H groups in total. The molecule has 0 unspecified atom stereocenters. The van der Waals surface area contributed by atoms with Gasteiger partial charge in [0.1, 0.15) is 11.8 Å². The predicted molar refractivity (Wildman–Crippen MR) is 94.8 cm³/mol. The smallest absolute Gasteiger partial charge is 0.235 e. The van der Waals surface area contributed by atoms with E-state index in [2.05, 4.69) is 36.6 Å². The van der Waals surface area contributed by atoms with E-state index in [-0.39, 0.29) is 11.3 Å². The van der Waals surface area contributed by atoms with Gasteiger partial charge in [0.2, 0.25) is 5.91 Å². The fourth-order valence-corrected chi connectivity index (χ4v) is 4.14. The van der Waals surface area contributed by atoms with Gasteiger partial charge in [-0.2, -0.15) is 0 Å². The number of hydrogen-bond donors (Lipinski definition) is 3. The Morgan fingerprint density at radius 1 is 1.08 bits per heavy atom. The van der Waals surface area contributed by atoms with Crippen molar-refractivity contribution in [1.82, 2.24) is 19.9 Å². The Balaban J connectivity index is 1.55. The molecule has 3 aromatic rings. The molecule has 0 atom stereocenters. The second-order valence-electron chi connectivity index (χ2n) is 6.81. The van der Waals surface area contributed by atoms with Crippen LogP contribution in [0, 0.1) is 0 Å². The van der Waals surface area contributed by atoms with Gasteiger partial charge in [0.25, 0.3) is 0 Å². The lowest BCUT2D eigenvalue weighted by Gasteiger charge is -2.31. The first-order chi connectivity index (χ1) is 12.3. The maximum Gasteiger partial charge on any atom is 0.235 e. The van der Waals surface area contributed by atoms with Gasteiger partial charge in [-0.25, -0.2) is 15.0 Å². The highest BCUT2D eigenvalue weighted by atomic mass is 16.2. The Labute approximate surface area is 144 Å². The normalized spacial score (nSPS) is 18.3. The van der Waals surface area contributed by atoms with Gasteiger partial charge in [0.05, 0.1) is 11.7 Å². The average Bonchev–Trinajstić information content (AvgIpc) is 3.21. The number of carbonyl (C=O) groups excluding carboxylic acids is 1. The number of hydrogen-bond acceptors (Lipinski definition) is 5. The first-order valence-corrected chi connectivity index (χ1v) is 8.63. The van der Waals surface area contributed by atoms with Crippen LogP contribution in [0.3, 0.4) is 0 Å². The molecule has 0 bridgehead atoms. The quantitative estimate of drug-likeness (QED) is 0.668. The number of nitrogens with zero attached hydrogens (tertiary/aromatic N) is 3. The number of rotatable bonds is 2. The van der Waals surface area contributed by atoms with Crippen LogP contribution >= 0.6 is 0 Å². The Morgan fingerprint density at radius 2 is 1.96 bits per heavy atom. The summed E-state index contributed by atoms with van der Waals surface area (Å²) in [7, 11) is 0. The largest absolute Gasteiger partial charge is 0.340 e. The molecule has 0 saturated heterocycles. The molecule has 1 aliphatic carbocycles. The first-order valence-electron chi connectivity index (χ1n) is 8.63. The fraction of sp³-hybridized carbons (Fsp3) is 0.333. The van der Waals surface area contributed by atoms with Crippen LogP contribution in [-0.4, -0.2) is 25.8 Å². The van der Waals surface area contributed by atoms with E-state index >= 15 is 0 Å². The number of carbonyl (C=O) groups is 1. The van der Waals surface area contributed by atoms with E-state index in [1.165, 1.54) is 12.7 Å². The molecule has 1 fully saturated rings. The molecule has 1 saturated carbocycles. The SMILES string of the molecule is O=C1Nc2ccc(Nc3ncnc4nc[nH]c34)cc2C12CCCCC2. The van der Waals surface area contributed by atoms with Crippen LogP contribution in [0.1, 0.15) is 37.7 Å². The summed E-state index contributed by atoms with van der Waals surface area (Å²) in [5.74, 6) is 0.828. The molecule has 7 nitrogen and oxygen atoms in total. The standard InChI is InChI=1S/C18H18N6O/c25-17-18(6-2-1-3-7-18)12-8-11(4-5-13(12)24-17)23-16-14-15(20-9-19-14)21-10-22-16/h4-5,8-10H,1-3,6-7H2,(H,24,25)(H2,19,20,21,22,23). The van der Waals surface area contributed by atoms with Gasteiger partial charge >= 0.3 is 0 Å². The van der Waals surface area contributed by atoms with Gasteiger partial charge < -0.3 is 15.6 Å². The topological polar surface area (TPSA) is 95.6 Å². The Bertz CT molecular complexity index is 973. The van der Waals surface area contributed by atoms with E-state index in [1.807, 2.05) is 12.1 Å². The number of benzene rings is 1. The van der Waals surface area contributed by atoms with Gasteiger partial charge in [0, 0.05) is 11.4 Å². The summed E-state index contributed by atoms with van der Waals surface area (Å²) in [5, 5.41) is 6.40. The number of anilines is 3. The molecule has 1 aromatic carbocycles. The van der Waals surface area contributed by atoms with Gasteiger partial charge in [-0.1, -0.05) is 19.3 Å². The van der Waals surface area contributed by atoms with Crippen LogP contribution in [0.4, 0.5) is 17.2 Å². The maximum absolute atomic E-state index is 12.7. The second-order valence-corrected chi connectivity index (χ2v) is 6.81. The van der Waals surface area contributed by atoms with Crippen molar-refractivity contribution in [3.8, 4) is 0 Å². The molecule has 1 spiro atoms. The lowest BCUT2D eigenvalue weighted by atomic mass is 9.70. The number of nitrogens with one attached hydrogen (secondary N) is 3. The van der Waals surface area contributed by atoms with Gasteiger partial charge in [-0.3, -0.25) is 4.79 Å². The van der Waals surface area contributed by atoms with Crippen LogP contribution < -0.4 is 10.6 Å². The van der Waals surface area contributed by atoms with Gasteiger partial charge in [-0.15, -0.1) is 0 Å². The minimum Gasteiger partial charge on any atom is -0.340 e. The average molecular weight is 334 g/mol. The summed E-state index contributed by atoms with van der Waals surface area (Å²) in [5.41, 5.74) is 3.99. The van der Waals surface area contributed by atoms with Crippen LogP contribution in [0.15, 0.2) is 30.9 Å². The number of imidazole rings is 1. The molecule has 7 heteroatoms. The van der Waals surface area contributed by atoms with E-state index in [9.17, 15) is 4.79 Å². The van der Waals surface area contributed by atoms with Crippen molar-refractivity contribution in [2.24, 2.45) is 0 Å². The number of amides is 1. The van der Waals surface area contributed by atoms with Crippen molar-refractivity contribution in [3.05, 3.63) is 36.4 Å². The van der Waals surface area contributed by atoms with Crippen molar-refractivity contribution in [3.63, 3.8) is 0 Å². The highest BCUT2D eigenvalue weighted by molar-refractivity contribution is 6.06. The molecule has 3 heterocycles. The summed E-state index contributed by atoms with van der Waals surface area (Å²) in [6, 6.07) is 6.03. The zero-order valence-electron chi connectivity index (χ0n) is 13.7. The second kappa shape index (κ2) is 5.27. The minimum absolute atomic E-state index is 0.150.